The average Bonchev–Trinajstić information content (AvgIpc) is 3.42. The van der Waals surface area contributed by atoms with Gasteiger partial charge in [-0.1, -0.05) is 24.3 Å². The van der Waals surface area contributed by atoms with E-state index in [9.17, 15) is 9.59 Å². The highest BCUT2D eigenvalue weighted by Gasteiger charge is 2.36. The molecular formula is C27H30N4O3. The highest BCUT2D eigenvalue weighted by molar-refractivity contribution is 5.93. The molecule has 0 spiro atoms. The van der Waals surface area contributed by atoms with E-state index >= 15 is 0 Å². The molecule has 2 aliphatic heterocycles. The van der Waals surface area contributed by atoms with E-state index < -0.39 is 0 Å². The van der Waals surface area contributed by atoms with Gasteiger partial charge < -0.3 is 14.6 Å². The molecule has 3 aromatic rings. The van der Waals surface area contributed by atoms with E-state index in [1.807, 2.05) is 23.1 Å². The fourth-order valence-electron chi connectivity index (χ4n) is 5.25. The molecule has 7 heteroatoms. The van der Waals surface area contributed by atoms with Gasteiger partial charge in [-0.25, -0.2) is 0 Å². The molecule has 2 aromatic heterocycles. The van der Waals surface area contributed by atoms with Crippen molar-refractivity contribution in [3.8, 4) is 0 Å². The zero-order valence-electron chi connectivity index (χ0n) is 19.2. The Hall–Kier alpha value is -3.45. The minimum Gasteiger partial charge on any atom is -0.467 e. The molecule has 7 nitrogen and oxygen atoms in total. The molecule has 0 bridgehead atoms. The lowest BCUT2D eigenvalue weighted by Gasteiger charge is -2.45. The Labute approximate surface area is 199 Å². The first-order chi connectivity index (χ1) is 16.7. The topological polar surface area (TPSA) is 78.7 Å². The number of pyridine rings is 1. The number of aromatic nitrogens is 1. The van der Waals surface area contributed by atoms with Gasteiger partial charge in [0.05, 0.1) is 18.4 Å². The number of hydrogen-bond acceptors (Lipinski definition) is 5. The van der Waals surface area contributed by atoms with Crippen LogP contribution in [0.1, 0.15) is 52.5 Å². The first-order valence-corrected chi connectivity index (χ1v) is 12.0. The minimum atomic E-state index is 0.0206. The number of amides is 2. The predicted molar refractivity (Wildman–Crippen MR) is 128 cm³/mol. The molecule has 0 aliphatic carbocycles. The van der Waals surface area contributed by atoms with Crippen LogP contribution in [0.2, 0.25) is 0 Å². The van der Waals surface area contributed by atoms with Gasteiger partial charge in [-0.05, 0) is 54.7 Å². The van der Waals surface area contributed by atoms with E-state index in [0.717, 1.165) is 31.6 Å². The quantitative estimate of drug-likeness (QED) is 0.611. The van der Waals surface area contributed by atoms with Crippen LogP contribution < -0.4 is 5.32 Å². The Balaban J connectivity index is 1.26. The molecule has 1 unspecified atom stereocenters. The molecule has 0 radical (unpaired) electrons. The van der Waals surface area contributed by atoms with Crippen LogP contribution in [0.5, 0.6) is 0 Å². The van der Waals surface area contributed by atoms with Crippen LogP contribution in [0, 0.1) is 0 Å². The maximum absolute atomic E-state index is 12.9. The van der Waals surface area contributed by atoms with Crippen LogP contribution >= 0.6 is 0 Å². The average molecular weight is 459 g/mol. The number of fused-ring (bicyclic) bond motifs is 1. The third-order valence-corrected chi connectivity index (χ3v) is 7.00. The van der Waals surface area contributed by atoms with Gasteiger partial charge in [-0.3, -0.25) is 19.5 Å². The summed E-state index contributed by atoms with van der Waals surface area (Å²) >= 11 is 0. The molecule has 176 valence electrons. The second-order valence-electron chi connectivity index (χ2n) is 9.03. The molecule has 34 heavy (non-hydrogen) atoms. The summed E-state index contributed by atoms with van der Waals surface area (Å²) in [6.07, 6.45) is 8.13. The number of carbonyl (C=O) groups excluding carboxylic acids is 2. The van der Waals surface area contributed by atoms with Crippen molar-refractivity contribution in [1.29, 1.82) is 0 Å². The predicted octanol–water partition coefficient (Wildman–Crippen LogP) is 3.59. The number of carbonyl (C=O) groups is 2. The summed E-state index contributed by atoms with van der Waals surface area (Å²) in [5, 5.41) is 3.01. The molecule has 1 fully saturated rings. The number of nitrogens with one attached hydrogen (secondary N) is 1. The van der Waals surface area contributed by atoms with Crippen molar-refractivity contribution >= 4 is 11.8 Å². The molecular weight excluding hydrogens is 428 g/mol. The summed E-state index contributed by atoms with van der Waals surface area (Å²) in [7, 11) is 0. The summed E-state index contributed by atoms with van der Waals surface area (Å²) in [6, 6.07) is 16.2. The van der Waals surface area contributed by atoms with Crippen molar-refractivity contribution in [2.75, 3.05) is 19.6 Å². The van der Waals surface area contributed by atoms with Gasteiger partial charge in [0.15, 0.2) is 0 Å². The van der Waals surface area contributed by atoms with Crippen LogP contribution in [-0.2, 0) is 17.8 Å². The largest absolute Gasteiger partial charge is 0.467 e. The van der Waals surface area contributed by atoms with Crippen molar-refractivity contribution in [2.45, 2.75) is 44.3 Å². The highest BCUT2D eigenvalue weighted by Crippen LogP contribution is 2.36. The third kappa shape index (κ3) is 4.89. The Morgan fingerprint density at radius 3 is 2.65 bits per heavy atom. The fourth-order valence-corrected chi connectivity index (χ4v) is 5.25. The normalized spacial score (nSPS) is 18.9. The Morgan fingerprint density at radius 2 is 1.88 bits per heavy atom. The van der Waals surface area contributed by atoms with Crippen LogP contribution in [-0.4, -0.2) is 52.3 Å². The Kier molecular flexibility index (Phi) is 6.72. The summed E-state index contributed by atoms with van der Waals surface area (Å²) in [6.45, 7) is 2.76. The van der Waals surface area contributed by atoms with Crippen LogP contribution in [0.3, 0.4) is 0 Å². The third-order valence-electron chi connectivity index (χ3n) is 7.00. The number of likely N-dealkylation sites (tertiary alicyclic amines) is 1. The number of furan rings is 1. The lowest BCUT2D eigenvalue weighted by atomic mass is 9.87. The van der Waals surface area contributed by atoms with E-state index in [1.54, 1.807) is 24.7 Å². The SMILES string of the molecule is O=C(CC1c2ccccc2CCN1C1CCN(C(=O)c2cccnc2)CC1)NCc1ccco1. The molecule has 2 aliphatic rings. The number of benzene rings is 1. The van der Waals surface area contributed by atoms with E-state index in [4.69, 9.17) is 4.42 Å². The van der Waals surface area contributed by atoms with Crippen molar-refractivity contribution in [3.63, 3.8) is 0 Å². The number of piperidine rings is 1. The molecule has 1 saturated heterocycles. The first kappa shape index (κ1) is 22.3. The van der Waals surface area contributed by atoms with E-state index in [2.05, 4.69) is 39.5 Å². The van der Waals surface area contributed by atoms with Gasteiger partial charge in [0.2, 0.25) is 5.91 Å². The maximum Gasteiger partial charge on any atom is 0.255 e. The standard InChI is InChI=1S/C27H30N4O3/c32-26(29-19-23-7-4-16-34-23)17-25-24-8-2-1-5-20(24)9-15-31(25)22-10-13-30(14-11-22)27(33)21-6-3-12-28-18-21/h1-8,12,16,18,22,25H,9-11,13-15,17,19H2,(H,29,32). The van der Waals surface area contributed by atoms with Crippen LogP contribution in [0.4, 0.5) is 0 Å². The van der Waals surface area contributed by atoms with Crippen molar-refractivity contribution < 1.29 is 14.0 Å². The van der Waals surface area contributed by atoms with Crippen molar-refractivity contribution in [3.05, 3.63) is 89.6 Å². The van der Waals surface area contributed by atoms with Gasteiger partial charge in [0.1, 0.15) is 5.76 Å². The zero-order chi connectivity index (χ0) is 23.3. The van der Waals surface area contributed by atoms with Crippen LogP contribution in [0.15, 0.2) is 71.6 Å². The van der Waals surface area contributed by atoms with E-state index in [0.29, 0.717) is 37.7 Å². The van der Waals surface area contributed by atoms with Crippen molar-refractivity contribution in [2.24, 2.45) is 0 Å². The monoisotopic (exact) mass is 458 g/mol. The minimum absolute atomic E-state index is 0.0206. The Morgan fingerprint density at radius 1 is 1.03 bits per heavy atom. The highest BCUT2D eigenvalue weighted by atomic mass is 16.3. The molecule has 2 amide bonds. The van der Waals surface area contributed by atoms with Gasteiger partial charge in [-0.2, -0.15) is 0 Å². The smallest absolute Gasteiger partial charge is 0.255 e. The molecule has 1 atom stereocenters. The number of rotatable bonds is 6. The summed E-state index contributed by atoms with van der Waals surface area (Å²) < 4.78 is 5.35. The summed E-state index contributed by atoms with van der Waals surface area (Å²) in [5.74, 6) is 0.816. The van der Waals surface area contributed by atoms with Gasteiger partial charge >= 0.3 is 0 Å². The molecule has 4 heterocycles. The van der Waals surface area contributed by atoms with E-state index in [1.165, 1.54) is 11.1 Å². The zero-order valence-corrected chi connectivity index (χ0v) is 19.2. The number of hydrogen-bond donors (Lipinski definition) is 1. The lowest BCUT2D eigenvalue weighted by molar-refractivity contribution is -0.123. The second kappa shape index (κ2) is 10.2. The molecule has 1 N–H and O–H groups in total. The maximum atomic E-state index is 12.9. The molecule has 5 rings (SSSR count). The van der Waals surface area contributed by atoms with Gasteiger partial charge in [0.25, 0.3) is 5.91 Å². The van der Waals surface area contributed by atoms with Gasteiger partial charge in [0, 0.05) is 50.5 Å². The molecule has 0 saturated carbocycles. The Bertz CT molecular complexity index is 1110. The first-order valence-electron chi connectivity index (χ1n) is 12.0. The second-order valence-corrected chi connectivity index (χ2v) is 9.03. The summed E-state index contributed by atoms with van der Waals surface area (Å²) in [5.41, 5.74) is 3.21. The van der Waals surface area contributed by atoms with Crippen molar-refractivity contribution in [1.82, 2.24) is 20.1 Å². The van der Waals surface area contributed by atoms with E-state index in [-0.39, 0.29) is 17.9 Å². The summed E-state index contributed by atoms with van der Waals surface area (Å²) in [4.78, 5) is 34.2. The van der Waals surface area contributed by atoms with Gasteiger partial charge in [-0.15, -0.1) is 0 Å². The number of nitrogens with zero attached hydrogens (tertiary/aromatic N) is 3. The molecule has 1 aromatic carbocycles. The fraction of sp³-hybridized carbons (Fsp3) is 0.370. The van der Waals surface area contributed by atoms with Crippen LogP contribution in [0.25, 0.3) is 0 Å². The lowest BCUT2D eigenvalue weighted by Crippen LogP contribution is -2.50.